The van der Waals surface area contributed by atoms with Gasteiger partial charge in [0, 0.05) is 44.1 Å². The summed E-state index contributed by atoms with van der Waals surface area (Å²) < 4.78 is 15.4. The summed E-state index contributed by atoms with van der Waals surface area (Å²) in [5.41, 5.74) is 0.982. The van der Waals surface area contributed by atoms with Crippen molar-refractivity contribution >= 4 is 22.7 Å². The zero-order chi connectivity index (χ0) is 20.2. The molecule has 1 atom stereocenters. The lowest BCUT2D eigenvalue weighted by Gasteiger charge is -2.42. The predicted octanol–water partition coefficient (Wildman–Crippen LogP) is 3.57. The molecule has 1 aromatic heterocycles. The van der Waals surface area contributed by atoms with Crippen LogP contribution < -0.4 is 0 Å². The molecule has 2 aromatic rings. The van der Waals surface area contributed by atoms with Crippen LogP contribution in [0.4, 0.5) is 4.39 Å². The molecule has 5 rings (SSSR count). The number of hydrogen-bond acceptors (Lipinski definition) is 2. The fourth-order valence-corrected chi connectivity index (χ4v) is 5.43. The Morgan fingerprint density at radius 2 is 2.00 bits per heavy atom. The molecule has 0 radical (unpaired) electrons. The van der Waals surface area contributed by atoms with Crippen LogP contribution in [0.5, 0.6) is 0 Å². The van der Waals surface area contributed by atoms with E-state index in [1.165, 1.54) is 31.4 Å². The van der Waals surface area contributed by atoms with E-state index in [-0.39, 0.29) is 17.6 Å². The maximum absolute atomic E-state index is 13.6. The zero-order valence-electron chi connectivity index (χ0n) is 17.0. The average Bonchev–Trinajstić information content (AvgIpc) is 3.23. The van der Waals surface area contributed by atoms with Gasteiger partial charge >= 0.3 is 0 Å². The number of carbonyl (C=O) groups is 2. The van der Waals surface area contributed by atoms with Crippen molar-refractivity contribution in [2.45, 2.75) is 38.5 Å². The first-order valence-corrected chi connectivity index (χ1v) is 10.8. The van der Waals surface area contributed by atoms with Crippen LogP contribution in [-0.4, -0.2) is 52.4 Å². The van der Waals surface area contributed by atoms with Crippen LogP contribution in [0.15, 0.2) is 24.3 Å². The highest BCUT2D eigenvalue weighted by Crippen LogP contribution is 2.41. The summed E-state index contributed by atoms with van der Waals surface area (Å²) >= 11 is 0. The quantitative estimate of drug-likeness (QED) is 0.795. The molecule has 5 nitrogen and oxygen atoms in total. The highest BCUT2D eigenvalue weighted by atomic mass is 19.1. The summed E-state index contributed by atoms with van der Waals surface area (Å²) in [4.78, 5) is 30.5. The SMILES string of the molecule is Cn1c(C(=O)N2CC[C@@]3(CCCN(CC4CCC4)C3=O)C2)cc2cc(F)ccc21. The Labute approximate surface area is 170 Å². The van der Waals surface area contributed by atoms with Gasteiger partial charge in [0.25, 0.3) is 5.91 Å². The van der Waals surface area contributed by atoms with Crippen molar-refractivity contribution < 1.29 is 14.0 Å². The van der Waals surface area contributed by atoms with Gasteiger partial charge in [0.15, 0.2) is 0 Å². The third-order valence-electron chi connectivity index (χ3n) is 7.39. The van der Waals surface area contributed by atoms with E-state index in [4.69, 9.17) is 0 Å². The van der Waals surface area contributed by atoms with Crippen molar-refractivity contribution in [3.63, 3.8) is 0 Å². The molecule has 29 heavy (non-hydrogen) atoms. The van der Waals surface area contributed by atoms with E-state index in [1.807, 2.05) is 16.5 Å². The summed E-state index contributed by atoms with van der Waals surface area (Å²) in [5.74, 6) is 0.556. The number of benzene rings is 1. The number of aryl methyl sites for hydroxylation is 1. The van der Waals surface area contributed by atoms with Gasteiger partial charge in [-0.25, -0.2) is 4.39 Å². The third kappa shape index (κ3) is 3.04. The number of nitrogens with zero attached hydrogens (tertiary/aromatic N) is 3. The molecule has 3 heterocycles. The molecule has 1 spiro atoms. The van der Waals surface area contributed by atoms with Gasteiger partial charge in [0.05, 0.1) is 5.41 Å². The van der Waals surface area contributed by atoms with Crippen LogP contribution in [0.25, 0.3) is 10.9 Å². The number of fused-ring (bicyclic) bond motifs is 1. The Balaban J connectivity index is 1.35. The van der Waals surface area contributed by atoms with Crippen LogP contribution in [0, 0.1) is 17.2 Å². The van der Waals surface area contributed by atoms with E-state index in [9.17, 15) is 14.0 Å². The molecule has 0 bridgehead atoms. The molecular formula is C23H28FN3O2. The van der Waals surface area contributed by atoms with Crippen LogP contribution >= 0.6 is 0 Å². The Morgan fingerprint density at radius 3 is 2.76 bits per heavy atom. The summed E-state index contributed by atoms with van der Waals surface area (Å²) in [7, 11) is 1.84. The summed E-state index contributed by atoms with van der Waals surface area (Å²) in [6, 6.07) is 6.34. The Hall–Kier alpha value is -2.37. The molecule has 1 saturated carbocycles. The smallest absolute Gasteiger partial charge is 0.270 e. The Kier molecular flexibility index (Phi) is 4.41. The number of hydrogen-bond donors (Lipinski definition) is 0. The van der Waals surface area contributed by atoms with Gasteiger partial charge in [0.2, 0.25) is 5.91 Å². The molecule has 2 amide bonds. The van der Waals surface area contributed by atoms with E-state index in [2.05, 4.69) is 4.90 Å². The van der Waals surface area contributed by atoms with E-state index in [1.54, 1.807) is 12.1 Å². The van der Waals surface area contributed by atoms with Crippen molar-refractivity contribution in [3.05, 3.63) is 35.8 Å². The molecule has 1 aromatic carbocycles. The summed E-state index contributed by atoms with van der Waals surface area (Å²) in [6.07, 6.45) is 6.41. The van der Waals surface area contributed by atoms with Crippen LogP contribution in [0.1, 0.15) is 49.0 Å². The highest BCUT2D eigenvalue weighted by molar-refractivity contribution is 5.99. The number of halogens is 1. The van der Waals surface area contributed by atoms with Gasteiger partial charge in [-0.05, 0) is 62.3 Å². The molecule has 2 saturated heterocycles. The molecule has 154 valence electrons. The number of likely N-dealkylation sites (tertiary alicyclic amines) is 2. The number of piperidine rings is 1. The molecular weight excluding hydrogens is 369 g/mol. The topological polar surface area (TPSA) is 45.6 Å². The van der Waals surface area contributed by atoms with Crippen LogP contribution in [0.3, 0.4) is 0 Å². The van der Waals surface area contributed by atoms with Crippen molar-refractivity contribution in [1.82, 2.24) is 14.4 Å². The normalized spacial score (nSPS) is 25.2. The molecule has 1 aliphatic carbocycles. The van der Waals surface area contributed by atoms with Crippen LogP contribution in [0.2, 0.25) is 0 Å². The minimum Gasteiger partial charge on any atom is -0.342 e. The molecule has 2 aliphatic heterocycles. The number of carbonyl (C=O) groups excluding carboxylic acids is 2. The van der Waals surface area contributed by atoms with Crippen molar-refractivity contribution in [3.8, 4) is 0 Å². The van der Waals surface area contributed by atoms with E-state index < -0.39 is 5.41 Å². The standard InChI is InChI=1S/C23H28FN3O2/c1-25-19-7-6-18(24)12-17(19)13-20(25)21(28)27-11-9-23(15-27)8-3-10-26(22(23)29)14-16-4-2-5-16/h6-7,12-13,16H,2-5,8-11,14-15H2,1H3/t23-/m0/s1. The van der Waals surface area contributed by atoms with Gasteiger partial charge in [-0.1, -0.05) is 6.42 Å². The zero-order valence-corrected chi connectivity index (χ0v) is 17.0. The molecule has 3 fully saturated rings. The van der Waals surface area contributed by atoms with Gasteiger partial charge in [-0.3, -0.25) is 9.59 Å². The molecule has 6 heteroatoms. The first kappa shape index (κ1) is 18.6. The second-order valence-electron chi connectivity index (χ2n) is 9.20. The Morgan fingerprint density at radius 1 is 1.17 bits per heavy atom. The van der Waals surface area contributed by atoms with Crippen molar-refractivity contribution in [2.24, 2.45) is 18.4 Å². The third-order valence-corrected chi connectivity index (χ3v) is 7.39. The van der Waals surface area contributed by atoms with Crippen molar-refractivity contribution in [1.29, 1.82) is 0 Å². The first-order chi connectivity index (χ1) is 14.0. The fourth-order valence-electron chi connectivity index (χ4n) is 5.43. The lowest BCUT2D eigenvalue weighted by Crippen LogP contribution is -2.52. The second-order valence-corrected chi connectivity index (χ2v) is 9.20. The number of amides is 2. The van der Waals surface area contributed by atoms with Gasteiger partial charge < -0.3 is 14.4 Å². The van der Waals surface area contributed by atoms with Gasteiger partial charge in [0.1, 0.15) is 11.5 Å². The van der Waals surface area contributed by atoms with E-state index in [0.29, 0.717) is 24.7 Å². The van der Waals surface area contributed by atoms with E-state index in [0.717, 1.165) is 43.3 Å². The molecule has 0 unspecified atom stereocenters. The average molecular weight is 397 g/mol. The number of aromatic nitrogens is 1. The first-order valence-electron chi connectivity index (χ1n) is 10.8. The second kappa shape index (κ2) is 6.85. The van der Waals surface area contributed by atoms with Gasteiger partial charge in [-0.2, -0.15) is 0 Å². The molecule has 3 aliphatic rings. The van der Waals surface area contributed by atoms with Crippen LogP contribution in [-0.2, 0) is 11.8 Å². The minimum atomic E-state index is -0.408. The summed E-state index contributed by atoms with van der Waals surface area (Å²) in [6.45, 7) is 2.86. The monoisotopic (exact) mass is 397 g/mol. The lowest BCUT2D eigenvalue weighted by molar-refractivity contribution is -0.146. The number of rotatable bonds is 3. The molecule has 0 N–H and O–H groups in total. The van der Waals surface area contributed by atoms with Gasteiger partial charge in [-0.15, -0.1) is 0 Å². The lowest BCUT2D eigenvalue weighted by atomic mass is 9.77. The largest absolute Gasteiger partial charge is 0.342 e. The maximum atomic E-state index is 13.6. The fraction of sp³-hybridized carbons (Fsp3) is 0.565. The highest BCUT2D eigenvalue weighted by Gasteiger charge is 2.50. The maximum Gasteiger partial charge on any atom is 0.270 e. The van der Waals surface area contributed by atoms with E-state index >= 15 is 0 Å². The van der Waals surface area contributed by atoms with Crippen molar-refractivity contribution in [2.75, 3.05) is 26.2 Å². The Bertz CT molecular complexity index is 980. The summed E-state index contributed by atoms with van der Waals surface area (Å²) in [5, 5.41) is 0.727. The predicted molar refractivity (Wildman–Crippen MR) is 109 cm³/mol. The minimum absolute atomic E-state index is 0.0649.